The van der Waals surface area contributed by atoms with Gasteiger partial charge in [0.25, 0.3) is 5.56 Å². The van der Waals surface area contributed by atoms with E-state index in [4.69, 9.17) is 0 Å². The van der Waals surface area contributed by atoms with E-state index in [1.54, 1.807) is 10.9 Å². The van der Waals surface area contributed by atoms with E-state index in [-0.39, 0.29) is 5.56 Å². The summed E-state index contributed by atoms with van der Waals surface area (Å²) in [4.78, 5) is 16.8. The largest absolute Gasteiger partial charge is 0.347 e. The van der Waals surface area contributed by atoms with Crippen LogP contribution in [0.1, 0.15) is 17.8 Å². The Kier molecular flexibility index (Phi) is 2.49. The summed E-state index contributed by atoms with van der Waals surface area (Å²) in [6.45, 7) is 1.66. The molecule has 4 heteroatoms. The molecule has 0 amide bonds. The van der Waals surface area contributed by atoms with Crippen LogP contribution in [0.3, 0.4) is 0 Å². The van der Waals surface area contributed by atoms with Crippen molar-refractivity contribution in [1.82, 2.24) is 14.1 Å². The standard InChI is InChI=1S/C16H15N3O/c20-16-14-5-1-2-6-15(14)17-11-18(16)10-13-8-7-12-4-3-9-19(12)13/h1-2,5-8,11H,3-4,9-10H2. The first-order valence-electron chi connectivity index (χ1n) is 6.94. The Morgan fingerprint density at radius 2 is 2.05 bits per heavy atom. The molecule has 0 atom stereocenters. The van der Waals surface area contributed by atoms with Crippen molar-refractivity contribution in [3.05, 3.63) is 64.5 Å². The number of hydrogen-bond donors (Lipinski definition) is 0. The zero-order chi connectivity index (χ0) is 13.5. The van der Waals surface area contributed by atoms with Crippen molar-refractivity contribution in [2.45, 2.75) is 25.9 Å². The van der Waals surface area contributed by atoms with E-state index in [0.29, 0.717) is 11.9 Å². The maximum Gasteiger partial charge on any atom is 0.261 e. The number of nitrogens with zero attached hydrogens (tertiary/aromatic N) is 3. The minimum atomic E-state index is 0.0316. The Morgan fingerprint density at radius 1 is 1.15 bits per heavy atom. The van der Waals surface area contributed by atoms with Crippen molar-refractivity contribution < 1.29 is 0 Å². The van der Waals surface area contributed by atoms with E-state index in [1.165, 1.54) is 17.8 Å². The third-order valence-corrected chi connectivity index (χ3v) is 4.04. The van der Waals surface area contributed by atoms with Gasteiger partial charge in [0.1, 0.15) is 0 Å². The molecular weight excluding hydrogens is 250 g/mol. The second kappa shape index (κ2) is 4.34. The third kappa shape index (κ3) is 1.68. The van der Waals surface area contributed by atoms with Crippen molar-refractivity contribution in [3.8, 4) is 0 Å². The molecule has 1 aliphatic rings. The topological polar surface area (TPSA) is 39.8 Å². The fourth-order valence-electron chi connectivity index (χ4n) is 3.01. The van der Waals surface area contributed by atoms with Crippen molar-refractivity contribution in [1.29, 1.82) is 0 Å². The average molecular weight is 265 g/mol. The van der Waals surface area contributed by atoms with Gasteiger partial charge in [-0.2, -0.15) is 0 Å². The van der Waals surface area contributed by atoms with Gasteiger partial charge in [-0.05, 0) is 37.1 Å². The normalized spacial score (nSPS) is 13.8. The van der Waals surface area contributed by atoms with Gasteiger partial charge in [-0.25, -0.2) is 4.98 Å². The van der Waals surface area contributed by atoms with Crippen LogP contribution < -0.4 is 5.56 Å². The molecule has 0 fully saturated rings. The molecule has 4 rings (SSSR count). The number of aromatic nitrogens is 3. The van der Waals surface area contributed by atoms with Crippen LogP contribution in [0.2, 0.25) is 0 Å². The van der Waals surface area contributed by atoms with Gasteiger partial charge in [0.15, 0.2) is 0 Å². The SMILES string of the molecule is O=c1c2ccccc2ncn1Cc1ccc2n1CCC2. The molecule has 1 aromatic carbocycles. The maximum absolute atomic E-state index is 12.5. The zero-order valence-electron chi connectivity index (χ0n) is 11.1. The quantitative estimate of drug-likeness (QED) is 0.712. The summed E-state index contributed by atoms with van der Waals surface area (Å²) >= 11 is 0. The molecule has 3 aromatic rings. The van der Waals surface area contributed by atoms with Crippen LogP contribution in [-0.4, -0.2) is 14.1 Å². The number of fused-ring (bicyclic) bond motifs is 2. The molecule has 2 aromatic heterocycles. The van der Waals surface area contributed by atoms with Gasteiger partial charge < -0.3 is 4.57 Å². The van der Waals surface area contributed by atoms with Gasteiger partial charge in [0.05, 0.1) is 23.8 Å². The summed E-state index contributed by atoms with van der Waals surface area (Å²) in [6, 6.07) is 11.8. The molecule has 3 heterocycles. The van der Waals surface area contributed by atoms with Gasteiger partial charge in [-0.15, -0.1) is 0 Å². The maximum atomic E-state index is 12.5. The van der Waals surface area contributed by atoms with Crippen LogP contribution in [0, 0.1) is 0 Å². The summed E-state index contributed by atoms with van der Waals surface area (Å²) in [6.07, 6.45) is 4.00. The zero-order valence-corrected chi connectivity index (χ0v) is 11.1. The van der Waals surface area contributed by atoms with E-state index < -0.39 is 0 Å². The lowest BCUT2D eigenvalue weighted by atomic mass is 10.2. The highest BCUT2D eigenvalue weighted by Crippen LogP contribution is 2.19. The monoisotopic (exact) mass is 265 g/mol. The molecule has 0 bridgehead atoms. The first-order chi connectivity index (χ1) is 9.83. The summed E-state index contributed by atoms with van der Waals surface area (Å²) in [5.74, 6) is 0. The highest BCUT2D eigenvalue weighted by Gasteiger charge is 2.14. The molecule has 0 spiro atoms. The van der Waals surface area contributed by atoms with Crippen LogP contribution in [0.15, 0.2) is 47.5 Å². The lowest BCUT2D eigenvalue weighted by molar-refractivity contribution is 0.652. The number of para-hydroxylation sites is 1. The fourth-order valence-corrected chi connectivity index (χ4v) is 3.01. The molecule has 0 N–H and O–H groups in total. The second-order valence-corrected chi connectivity index (χ2v) is 5.27. The first-order valence-corrected chi connectivity index (χ1v) is 6.94. The molecule has 1 aliphatic heterocycles. The lowest BCUT2D eigenvalue weighted by Gasteiger charge is -2.09. The predicted octanol–water partition coefficient (Wildman–Crippen LogP) is 2.19. The molecule has 0 saturated carbocycles. The Morgan fingerprint density at radius 3 is 3.00 bits per heavy atom. The van der Waals surface area contributed by atoms with Gasteiger partial charge in [-0.3, -0.25) is 9.36 Å². The number of hydrogen-bond acceptors (Lipinski definition) is 2. The van der Waals surface area contributed by atoms with Crippen LogP contribution >= 0.6 is 0 Å². The molecular formula is C16H15N3O. The molecule has 0 aliphatic carbocycles. The lowest BCUT2D eigenvalue weighted by Crippen LogP contribution is -2.22. The van der Waals surface area contributed by atoms with Gasteiger partial charge in [0.2, 0.25) is 0 Å². The van der Waals surface area contributed by atoms with E-state index in [9.17, 15) is 4.79 Å². The first kappa shape index (κ1) is 11.5. The van der Waals surface area contributed by atoms with Crippen LogP contribution in [0.25, 0.3) is 10.9 Å². The average Bonchev–Trinajstić information content (AvgIpc) is 3.07. The van der Waals surface area contributed by atoms with E-state index in [0.717, 1.165) is 18.5 Å². The summed E-state index contributed by atoms with van der Waals surface area (Å²) in [5, 5.41) is 0.684. The predicted molar refractivity (Wildman–Crippen MR) is 77.9 cm³/mol. The minimum absolute atomic E-state index is 0.0316. The molecule has 20 heavy (non-hydrogen) atoms. The highest BCUT2D eigenvalue weighted by molar-refractivity contribution is 5.76. The molecule has 0 radical (unpaired) electrons. The number of rotatable bonds is 2. The highest BCUT2D eigenvalue weighted by atomic mass is 16.1. The van der Waals surface area contributed by atoms with Crippen LogP contribution in [0.4, 0.5) is 0 Å². The van der Waals surface area contributed by atoms with Gasteiger partial charge in [0, 0.05) is 17.9 Å². The summed E-state index contributed by atoms with van der Waals surface area (Å²) < 4.78 is 4.02. The molecule has 0 saturated heterocycles. The van der Waals surface area contributed by atoms with Crippen molar-refractivity contribution in [2.75, 3.05) is 0 Å². The molecule has 4 nitrogen and oxygen atoms in total. The smallest absolute Gasteiger partial charge is 0.261 e. The molecule has 100 valence electrons. The summed E-state index contributed by atoms with van der Waals surface area (Å²) in [5.41, 5.74) is 3.36. The van der Waals surface area contributed by atoms with Crippen molar-refractivity contribution in [3.63, 3.8) is 0 Å². The Balaban J connectivity index is 1.79. The van der Waals surface area contributed by atoms with Crippen LogP contribution in [-0.2, 0) is 19.5 Å². The number of benzene rings is 1. The van der Waals surface area contributed by atoms with E-state index in [1.807, 2.05) is 24.3 Å². The minimum Gasteiger partial charge on any atom is -0.347 e. The summed E-state index contributed by atoms with van der Waals surface area (Å²) in [7, 11) is 0. The Labute approximate surface area is 116 Å². The van der Waals surface area contributed by atoms with Gasteiger partial charge in [-0.1, -0.05) is 12.1 Å². The van der Waals surface area contributed by atoms with Crippen molar-refractivity contribution >= 4 is 10.9 Å². The number of aryl methyl sites for hydroxylation is 1. The van der Waals surface area contributed by atoms with Crippen molar-refractivity contribution in [2.24, 2.45) is 0 Å². The van der Waals surface area contributed by atoms with E-state index >= 15 is 0 Å². The Bertz CT molecular complexity index is 844. The van der Waals surface area contributed by atoms with E-state index in [2.05, 4.69) is 21.7 Å². The molecule has 0 unspecified atom stereocenters. The van der Waals surface area contributed by atoms with Gasteiger partial charge >= 0.3 is 0 Å². The third-order valence-electron chi connectivity index (χ3n) is 4.04. The Hall–Kier alpha value is -2.36. The van der Waals surface area contributed by atoms with Crippen LogP contribution in [0.5, 0.6) is 0 Å². The second-order valence-electron chi connectivity index (χ2n) is 5.27. The fraction of sp³-hybridized carbons (Fsp3) is 0.250.